The van der Waals surface area contributed by atoms with Gasteiger partial charge in [-0.05, 0) is 62.9 Å². The van der Waals surface area contributed by atoms with Crippen molar-refractivity contribution in [2.24, 2.45) is 0 Å². The fraction of sp³-hybridized carbons (Fsp3) is 0.435. The number of nitrogens with one attached hydrogen (secondary N) is 2. The van der Waals surface area contributed by atoms with Gasteiger partial charge in [0.2, 0.25) is 0 Å². The minimum Gasteiger partial charge on any atom is -0.396 e. The van der Waals surface area contributed by atoms with E-state index in [0.29, 0.717) is 27.0 Å². The molecule has 5 rings (SSSR count). The second kappa shape index (κ2) is 8.09. The maximum atomic E-state index is 12.9. The molecule has 0 spiro atoms. The van der Waals surface area contributed by atoms with Gasteiger partial charge in [0, 0.05) is 37.1 Å². The minimum absolute atomic E-state index is 0.110. The number of carbonyl (C=O) groups excluding carboxylic acids is 1. The van der Waals surface area contributed by atoms with E-state index in [4.69, 9.17) is 5.73 Å². The van der Waals surface area contributed by atoms with E-state index in [-0.39, 0.29) is 11.9 Å². The molecule has 3 aromatic rings. The highest BCUT2D eigenvalue weighted by atomic mass is 32.1. The summed E-state index contributed by atoms with van der Waals surface area (Å²) in [6.07, 6.45) is 5.62. The highest BCUT2D eigenvalue weighted by Gasteiger charge is 2.26. The van der Waals surface area contributed by atoms with Crippen LogP contribution in [0.15, 0.2) is 24.4 Å². The molecule has 2 atom stereocenters. The summed E-state index contributed by atoms with van der Waals surface area (Å²) in [6.45, 7) is 4.05. The zero-order valence-electron chi connectivity index (χ0n) is 17.9. The topological polar surface area (TPSA) is 96.2 Å². The van der Waals surface area contributed by atoms with Crippen molar-refractivity contribution in [1.82, 2.24) is 20.6 Å². The van der Waals surface area contributed by atoms with Gasteiger partial charge in [0.05, 0.1) is 11.4 Å². The number of nitrogens with two attached hydrogens (primary N) is 1. The van der Waals surface area contributed by atoms with Gasteiger partial charge in [-0.2, -0.15) is 0 Å². The maximum absolute atomic E-state index is 12.9. The highest BCUT2D eigenvalue weighted by molar-refractivity contribution is 7.21. The Morgan fingerprint density at radius 2 is 2.13 bits per heavy atom. The Kier molecular flexibility index (Phi) is 5.27. The van der Waals surface area contributed by atoms with Crippen LogP contribution < -0.4 is 21.3 Å². The molecule has 8 heteroatoms. The van der Waals surface area contributed by atoms with Gasteiger partial charge in [-0.1, -0.05) is 6.07 Å². The zero-order valence-corrected chi connectivity index (χ0v) is 18.8. The molecule has 1 aliphatic heterocycles. The number of aryl methyl sites for hydroxylation is 2. The van der Waals surface area contributed by atoms with E-state index in [0.717, 1.165) is 38.0 Å². The first-order chi connectivity index (χ1) is 15.0. The Morgan fingerprint density at radius 1 is 1.26 bits per heavy atom. The van der Waals surface area contributed by atoms with E-state index >= 15 is 0 Å². The lowest BCUT2D eigenvalue weighted by atomic mass is 9.87. The van der Waals surface area contributed by atoms with Gasteiger partial charge in [0.15, 0.2) is 0 Å². The largest absolute Gasteiger partial charge is 0.396 e. The van der Waals surface area contributed by atoms with Gasteiger partial charge < -0.3 is 21.3 Å². The van der Waals surface area contributed by atoms with Crippen molar-refractivity contribution in [2.75, 3.05) is 30.8 Å². The predicted octanol–water partition coefficient (Wildman–Crippen LogP) is 2.67. The second-order valence-electron chi connectivity index (χ2n) is 8.60. The number of nitrogens with zero attached hydrogens (tertiary/aromatic N) is 3. The first kappa shape index (κ1) is 20.2. The van der Waals surface area contributed by atoms with Crippen molar-refractivity contribution in [3.63, 3.8) is 0 Å². The van der Waals surface area contributed by atoms with Crippen LogP contribution in [0.5, 0.6) is 0 Å². The summed E-state index contributed by atoms with van der Waals surface area (Å²) in [5.74, 6) is -0.125. The number of rotatable bonds is 4. The number of amides is 1. The molecule has 162 valence electrons. The molecule has 7 nitrogen and oxygen atoms in total. The van der Waals surface area contributed by atoms with Gasteiger partial charge in [-0.25, -0.2) is 9.97 Å². The number of aromatic nitrogens is 2. The lowest BCUT2D eigenvalue weighted by molar-refractivity contribution is 0.0938. The Hall–Kier alpha value is -2.71. The number of nitrogen functional groups attached to an aromatic ring is 1. The van der Waals surface area contributed by atoms with Gasteiger partial charge in [0.1, 0.15) is 15.2 Å². The Morgan fingerprint density at radius 3 is 2.94 bits per heavy atom. The summed E-state index contributed by atoms with van der Waals surface area (Å²) < 4.78 is 0. The fourth-order valence-corrected chi connectivity index (χ4v) is 5.68. The number of carbonyl (C=O) groups is 1. The van der Waals surface area contributed by atoms with Crippen molar-refractivity contribution in [3.05, 3.63) is 46.1 Å². The first-order valence-corrected chi connectivity index (χ1v) is 11.7. The average Bonchev–Trinajstić information content (AvgIpc) is 3.38. The first-order valence-electron chi connectivity index (χ1n) is 10.9. The van der Waals surface area contributed by atoms with Crippen LogP contribution >= 0.6 is 11.3 Å². The number of anilines is 2. The monoisotopic (exact) mass is 436 g/mol. The summed E-state index contributed by atoms with van der Waals surface area (Å²) in [6, 6.07) is 7.49. The molecule has 4 N–H and O–H groups in total. The molecule has 2 aliphatic rings. The molecule has 1 amide bonds. The molecule has 0 bridgehead atoms. The van der Waals surface area contributed by atoms with Crippen LogP contribution in [0.25, 0.3) is 10.3 Å². The van der Waals surface area contributed by atoms with Crippen LogP contribution in [0.1, 0.15) is 39.3 Å². The predicted molar refractivity (Wildman–Crippen MR) is 126 cm³/mol. The van der Waals surface area contributed by atoms with Gasteiger partial charge in [-0.15, -0.1) is 11.3 Å². The van der Waals surface area contributed by atoms with E-state index in [1.54, 1.807) is 6.20 Å². The maximum Gasteiger partial charge on any atom is 0.263 e. The average molecular weight is 437 g/mol. The third-order valence-corrected chi connectivity index (χ3v) is 7.57. The lowest BCUT2D eigenvalue weighted by Crippen LogP contribution is -2.38. The van der Waals surface area contributed by atoms with Crippen molar-refractivity contribution in [2.45, 2.75) is 44.7 Å². The lowest BCUT2D eigenvalue weighted by Gasteiger charge is -2.27. The molecule has 1 aromatic carbocycles. The van der Waals surface area contributed by atoms with Crippen LogP contribution in [0.3, 0.4) is 0 Å². The third-order valence-electron chi connectivity index (χ3n) is 6.48. The number of thiophene rings is 1. The van der Waals surface area contributed by atoms with Crippen LogP contribution in [0.4, 0.5) is 11.4 Å². The summed E-state index contributed by atoms with van der Waals surface area (Å²) >= 11 is 1.32. The number of hydrogen-bond acceptors (Lipinski definition) is 7. The van der Waals surface area contributed by atoms with E-state index < -0.39 is 0 Å². The minimum atomic E-state index is -0.125. The fourth-order valence-electron chi connectivity index (χ4n) is 4.68. The van der Waals surface area contributed by atoms with Crippen molar-refractivity contribution >= 4 is 39.0 Å². The standard InChI is InChI=1S/C23H28N6OS/c1-13-11-26-20-19(24)21(31-23(20)27-13)22(30)28-16-5-3-15-10-18(6-4-14(15)9-16)29-8-7-17(12-29)25-2/h4,6,10-11,16-17,25H,3,5,7-9,12,24H2,1-2H3,(H,28,30)/t16-,17+/m0/s1. The summed E-state index contributed by atoms with van der Waals surface area (Å²) in [7, 11) is 2.04. The number of likely N-dealkylation sites (N-methyl/N-ethyl adjacent to an activating group) is 1. The Labute approximate surface area is 186 Å². The summed E-state index contributed by atoms with van der Waals surface area (Å²) in [5, 5.41) is 6.57. The SMILES string of the molecule is CN[C@@H]1CCN(c2ccc3c(c2)CC[C@H](NC(=O)c2sc4nc(C)cnc4c2N)C3)C1. The molecular formula is C23H28N6OS. The molecular weight excluding hydrogens is 408 g/mol. The molecule has 1 fully saturated rings. The van der Waals surface area contributed by atoms with Crippen molar-refractivity contribution in [3.8, 4) is 0 Å². The number of hydrogen-bond donors (Lipinski definition) is 3. The Balaban J connectivity index is 1.28. The van der Waals surface area contributed by atoms with Crippen LogP contribution in [-0.2, 0) is 12.8 Å². The molecule has 0 saturated carbocycles. The quantitative estimate of drug-likeness (QED) is 0.582. The van der Waals surface area contributed by atoms with Crippen LogP contribution in [0.2, 0.25) is 0 Å². The zero-order chi connectivity index (χ0) is 21.5. The summed E-state index contributed by atoms with van der Waals surface area (Å²) in [5.41, 5.74) is 12.1. The Bertz CT molecular complexity index is 1140. The molecule has 0 unspecified atom stereocenters. The van der Waals surface area contributed by atoms with Gasteiger partial charge >= 0.3 is 0 Å². The molecule has 2 aromatic heterocycles. The third kappa shape index (κ3) is 3.85. The number of benzene rings is 1. The number of fused-ring (bicyclic) bond motifs is 2. The molecule has 31 heavy (non-hydrogen) atoms. The van der Waals surface area contributed by atoms with E-state index in [1.807, 2.05) is 14.0 Å². The van der Waals surface area contributed by atoms with Crippen molar-refractivity contribution in [1.29, 1.82) is 0 Å². The smallest absolute Gasteiger partial charge is 0.263 e. The molecule has 3 heterocycles. The van der Waals surface area contributed by atoms with Crippen LogP contribution in [-0.4, -0.2) is 48.1 Å². The van der Waals surface area contributed by atoms with Crippen molar-refractivity contribution < 1.29 is 4.79 Å². The van der Waals surface area contributed by atoms with Crippen LogP contribution in [0, 0.1) is 6.92 Å². The molecule has 0 radical (unpaired) electrons. The van der Waals surface area contributed by atoms with E-state index in [9.17, 15) is 4.79 Å². The highest BCUT2D eigenvalue weighted by Crippen LogP contribution is 2.32. The normalized spacial score (nSPS) is 20.8. The second-order valence-corrected chi connectivity index (χ2v) is 9.60. The van der Waals surface area contributed by atoms with Gasteiger partial charge in [0.25, 0.3) is 5.91 Å². The van der Waals surface area contributed by atoms with Gasteiger partial charge in [-0.3, -0.25) is 4.79 Å². The molecule has 1 saturated heterocycles. The van der Waals surface area contributed by atoms with E-state index in [2.05, 4.69) is 43.7 Å². The van der Waals surface area contributed by atoms with E-state index in [1.165, 1.54) is 34.6 Å². The summed E-state index contributed by atoms with van der Waals surface area (Å²) in [4.78, 5) is 25.4. The molecule has 1 aliphatic carbocycles.